The van der Waals surface area contributed by atoms with Crippen molar-refractivity contribution in [2.75, 3.05) is 65.8 Å². The number of unbranched alkanes of at least 4 members (excludes halogenated alkanes) is 11. The van der Waals surface area contributed by atoms with E-state index in [0.717, 1.165) is 103 Å². The molecule has 4 rings (SSSR count). The van der Waals surface area contributed by atoms with E-state index in [-0.39, 0.29) is 63.0 Å². The molecule has 4 fully saturated rings. The van der Waals surface area contributed by atoms with Crippen molar-refractivity contribution in [3.8, 4) is 0 Å². The van der Waals surface area contributed by atoms with Gasteiger partial charge in [0.2, 0.25) is 0 Å². The Hall–Kier alpha value is -4.47. The molecule has 3 saturated carbocycles. The van der Waals surface area contributed by atoms with Gasteiger partial charge in [-0.25, -0.2) is 4.79 Å². The van der Waals surface area contributed by atoms with E-state index in [1.54, 1.807) is 0 Å². The van der Waals surface area contributed by atoms with Gasteiger partial charge >= 0.3 is 41.9 Å². The minimum atomic E-state index is -1.47. The number of hydrogen-bond donors (Lipinski definition) is 1. The lowest BCUT2D eigenvalue weighted by atomic mass is 9.70. The van der Waals surface area contributed by atoms with E-state index in [1.807, 2.05) is 12.2 Å². The summed E-state index contributed by atoms with van der Waals surface area (Å²) in [4.78, 5) is 93.8. The summed E-state index contributed by atoms with van der Waals surface area (Å²) < 4.78 is 40.0. The highest BCUT2D eigenvalue weighted by Gasteiger charge is 2.56. The fourth-order valence-electron chi connectivity index (χ4n) is 9.80. The number of hydrogen-bond acceptors (Lipinski definition) is 15. The third kappa shape index (κ3) is 29.6. The van der Waals surface area contributed by atoms with Crippen molar-refractivity contribution in [2.24, 2.45) is 16.7 Å². The van der Waals surface area contributed by atoms with Crippen LogP contribution in [-0.4, -0.2) is 119 Å². The Kier molecular flexibility index (Phi) is 34.4. The highest BCUT2D eigenvalue weighted by Crippen LogP contribution is 2.59. The zero-order valence-corrected chi connectivity index (χ0v) is 46.6. The molecule has 4 aliphatic rings. The van der Waals surface area contributed by atoms with Gasteiger partial charge in [-0.05, 0) is 141 Å². The van der Waals surface area contributed by atoms with Gasteiger partial charge in [0, 0.05) is 45.2 Å². The Morgan fingerprint density at radius 1 is 0.547 bits per heavy atom. The molecule has 16 nitrogen and oxygen atoms in total. The van der Waals surface area contributed by atoms with Crippen LogP contribution < -0.4 is 5.32 Å². The molecule has 1 amide bonds. The number of nitrogens with zero attached hydrogens (tertiary/aromatic N) is 1. The first-order valence-corrected chi connectivity index (χ1v) is 29.3. The van der Waals surface area contributed by atoms with Gasteiger partial charge in [-0.15, -0.1) is 0 Å². The maximum Gasteiger partial charge on any atom is 0.407 e. The topological polar surface area (TPSA) is 199 Å². The van der Waals surface area contributed by atoms with E-state index in [2.05, 4.69) is 43.1 Å². The van der Waals surface area contributed by atoms with Gasteiger partial charge in [0.05, 0.1) is 18.6 Å². The van der Waals surface area contributed by atoms with Crippen molar-refractivity contribution in [1.82, 2.24) is 10.2 Å². The summed E-state index contributed by atoms with van der Waals surface area (Å²) in [6.45, 7) is 8.72. The van der Waals surface area contributed by atoms with E-state index in [4.69, 9.17) is 33.2 Å². The molecule has 75 heavy (non-hydrogen) atoms. The van der Waals surface area contributed by atoms with Gasteiger partial charge in [0.15, 0.2) is 0 Å². The minimum absolute atomic E-state index is 0.0165. The molecule has 1 saturated heterocycles. The highest BCUT2D eigenvalue weighted by molar-refractivity contribution is 5.79. The second-order valence-electron chi connectivity index (χ2n) is 21.4. The van der Waals surface area contributed by atoms with E-state index in [9.17, 15) is 33.6 Å². The second-order valence-corrected chi connectivity index (χ2v) is 21.4. The predicted molar refractivity (Wildman–Crippen MR) is 287 cm³/mol. The summed E-state index contributed by atoms with van der Waals surface area (Å²) in [6.07, 6.45) is 29.3. The Morgan fingerprint density at radius 3 is 1.51 bits per heavy atom. The molecule has 1 aliphatic heterocycles. The van der Waals surface area contributed by atoms with Crippen LogP contribution >= 0.6 is 0 Å². The molecule has 2 bridgehead atoms. The van der Waals surface area contributed by atoms with Crippen molar-refractivity contribution in [3.05, 3.63) is 24.3 Å². The van der Waals surface area contributed by atoms with Crippen LogP contribution in [0.4, 0.5) is 4.79 Å². The van der Waals surface area contributed by atoms with Crippen LogP contribution in [0.2, 0.25) is 0 Å². The predicted octanol–water partition coefficient (Wildman–Crippen LogP) is 11.5. The number of fused-ring (bicyclic) bond motifs is 1. The average Bonchev–Trinajstić information content (AvgIpc) is 4.19. The summed E-state index contributed by atoms with van der Waals surface area (Å²) >= 11 is 0. The van der Waals surface area contributed by atoms with Crippen LogP contribution in [0.3, 0.4) is 0 Å². The Balaban J connectivity index is 1.63. The molecule has 1 N–H and O–H groups in total. The van der Waals surface area contributed by atoms with E-state index >= 15 is 0 Å². The van der Waals surface area contributed by atoms with E-state index in [0.29, 0.717) is 77.0 Å². The molecule has 0 aromatic heterocycles. The number of alkyl carbamates (subject to hydrolysis) is 1. The maximum atomic E-state index is 13.7. The first kappa shape index (κ1) is 64.8. The molecule has 0 aromatic carbocycles. The fourth-order valence-corrected chi connectivity index (χ4v) is 9.80. The maximum absolute atomic E-state index is 13.7. The molecule has 3 aliphatic carbocycles. The minimum Gasteiger partial charge on any atom is -0.465 e. The lowest BCUT2D eigenvalue weighted by molar-refractivity contribution is -0.177. The van der Waals surface area contributed by atoms with E-state index < -0.39 is 60.8 Å². The summed E-state index contributed by atoms with van der Waals surface area (Å²) in [5, 5.41) is 2.86. The van der Waals surface area contributed by atoms with Crippen LogP contribution in [0.15, 0.2) is 24.3 Å². The van der Waals surface area contributed by atoms with Crippen molar-refractivity contribution < 1.29 is 66.7 Å². The first-order valence-electron chi connectivity index (χ1n) is 29.3. The lowest BCUT2D eigenvalue weighted by Gasteiger charge is -2.38. The number of ether oxygens (including phenoxy) is 7. The van der Waals surface area contributed by atoms with Crippen molar-refractivity contribution >= 4 is 41.9 Å². The standard InChI is InChI=1S/C59H98N2O14/c1-4-7-10-13-15-17-26-41-69-51(62)29-20-22-31-53(64)71-45-58(48-74-56(67)59-36-35-49(43-59)44-59,46-72-54(65)32-23-21-30-52(63)70-42-27-18-16-14-11-8-5-2)47-73-55(66)34-33-50(28-19-12-9-6-3)75-57(68)60-37-40-61-38-24-25-39-61/h15-18,49-50H,4-14,19-48H2,1-3H3,(H,60,68)/b17-15-,18-16-. The third-order valence-electron chi connectivity index (χ3n) is 14.6. The third-order valence-corrected chi connectivity index (χ3v) is 14.6. The monoisotopic (exact) mass is 1060 g/mol. The lowest BCUT2D eigenvalue weighted by Crippen LogP contribution is -2.46. The second kappa shape index (κ2) is 39.8. The van der Waals surface area contributed by atoms with Crippen LogP contribution in [0.25, 0.3) is 0 Å². The van der Waals surface area contributed by atoms with Gasteiger partial charge in [0.1, 0.15) is 37.9 Å². The summed E-state index contributed by atoms with van der Waals surface area (Å²) in [6, 6.07) is 0. The van der Waals surface area contributed by atoms with Crippen molar-refractivity contribution in [1.29, 1.82) is 0 Å². The fraction of sp³-hybridized carbons (Fsp3) is 0.814. The molecule has 16 heteroatoms. The zero-order chi connectivity index (χ0) is 54.3. The van der Waals surface area contributed by atoms with Crippen LogP contribution in [-0.2, 0) is 61.9 Å². The molecule has 1 heterocycles. The normalized spacial score (nSPS) is 17.6. The summed E-state index contributed by atoms with van der Waals surface area (Å²) in [5.74, 6) is -2.35. The number of rotatable bonds is 45. The average molecular weight is 1060 g/mol. The van der Waals surface area contributed by atoms with E-state index in [1.165, 1.54) is 25.7 Å². The Labute approximate surface area is 450 Å². The number of carbonyl (C=O) groups excluding carboxylic acids is 7. The molecular weight excluding hydrogens is 961 g/mol. The zero-order valence-electron chi connectivity index (χ0n) is 46.6. The van der Waals surface area contributed by atoms with Gasteiger partial charge < -0.3 is 43.4 Å². The smallest absolute Gasteiger partial charge is 0.407 e. The number of amides is 1. The van der Waals surface area contributed by atoms with Gasteiger partial charge in [-0.1, -0.05) is 90.0 Å². The highest BCUT2D eigenvalue weighted by atomic mass is 16.6. The van der Waals surface area contributed by atoms with Crippen LogP contribution in [0.5, 0.6) is 0 Å². The summed E-state index contributed by atoms with van der Waals surface area (Å²) in [5.41, 5.74) is -2.05. The van der Waals surface area contributed by atoms with Crippen LogP contribution in [0.1, 0.15) is 220 Å². The van der Waals surface area contributed by atoms with Gasteiger partial charge in [0.25, 0.3) is 0 Å². The Morgan fingerprint density at radius 2 is 1.01 bits per heavy atom. The number of likely N-dealkylation sites (tertiary alicyclic amines) is 1. The van der Waals surface area contributed by atoms with Gasteiger partial charge in [-0.3, -0.25) is 28.8 Å². The number of nitrogens with one attached hydrogen (secondary N) is 1. The number of allylic oxidation sites excluding steroid dienone is 2. The molecule has 0 aromatic rings. The molecule has 428 valence electrons. The van der Waals surface area contributed by atoms with Crippen molar-refractivity contribution in [3.63, 3.8) is 0 Å². The molecule has 1 atom stereocenters. The first-order chi connectivity index (χ1) is 36.4. The quantitative estimate of drug-likeness (QED) is 0.0261. The Bertz CT molecular complexity index is 1640. The SMILES string of the molecule is CCCCC/C=C\CCOC(=O)CCCCC(=O)OCC(COC(=O)CCCCC(=O)OCC/C=C\CCCCC)(COC(=O)CCC(CCCCCC)OC(=O)NCCN1CCCC1)COC(=O)C12CCC(C1)C2. The molecule has 0 spiro atoms. The number of esters is 6. The van der Waals surface area contributed by atoms with Crippen molar-refractivity contribution in [2.45, 2.75) is 226 Å². The van der Waals surface area contributed by atoms with Crippen LogP contribution in [0, 0.1) is 16.7 Å². The molecular formula is C59H98N2O14. The summed E-state index contributed by atoms with van der Waals surface area (Å²) in [7, 11) is 0. The largest absolute Gasteiger partial charge is 0.465 e. The molecule has 1 unspecified atom stereocenters. The number of carbonyl (C=O) groups is 7. The van der Waals surface area contributed by atoms with Gasteiger partial charge in [-0.2, -0.15) is 0 Å². The molecule has 0 radical (unpaired) electrons.